The minimum absolute atomic E-state index is 0.00384. The SMILES string of the molecule is Cc1cccc([C@H]2CC(=O)N(c3sc4c(c3C#N)CCCC4)C3=C2C(=O)CC(C)(C)C3)c1. The second-order valence-corrected chi connectivity index (χ2v) is 11.3. The number of fused-ring (bicyclic) bond motifs is 1. The van der Waals surface area contributed by atoms with Crippen molar-refractivity contribution in [2.45, 2.75) is 71.6 Å². The zero-order valence-corrected chi connectivity index (χ0v) is 19.8. The Morgan fingerprint density at radius 1 is 1.16 bits per heavy atom. The minimum Gasteiger partial charge on any atom is -0.294 e. The lowest BCUT2D eigenvalue weighted by Gasteiger charge is -2.42. The molecule has 0 unspecified atom stereocenters. The van der Waals surface area contributed by atoms with Crippen molar-refractivity contribution in [2.24, 2.45) is 5.41 Å². The molecule has 1 aromatic heterocycles. The Bertz CT molecular complexity index is 1210. The number of allylic oxidation sites excluding steroid dienone is 2. The lowest BCUT2D eigenvalue weighted by atomic mass is 9.69. The highest BCUT2D eigenvalue weighted by atomic mass is 32.1. The number of aryl methyl sites for hydroxylation is 2. The molecule has 32 heavy (non-hydrogen) atoms. The molecule has 2 aromatic rings. The predicted octanol–water partition coefficient (Wildman–Crippen LogP) is 5.97. The summed E-state index contributed by atoms with van der Waals surface area (Å²) < 4.78 is 0. The molecule has 4 nitrogen and oxygen atoms in total. The smallest absolute Gasteiger partial charge is 0.232 e. The average Bonchev–Trinajstić information content (AvgIpc) is 3.10. The summed E-state index contributed by atoms with van der Waals surface area (Å²) in [4.78, 5) is 30.2. The van der Waals surface area contributed by atoms with Crippen molar-refractivity contribution in [3.05, 3.63) is 62.7 Å². The summed E-state index contributed by atoms with van der Waals surface area (Å²) in [5.74, 6) is -0.0756. The Labute approximate surface area is 193 Å². The first kappa shape index (κ1) is 21.2. The van der Waals surface area contributed by atoms with Gasteiger partial charge in [0.15, 0.2) is 5.78 Å². The number of thiophene rings is 1. The summed E-state index contributed by atoms with van der Waals surface area (Å²) in [6, 6.07) is 10.6. The van der Waals surface area contributed by atoms with Crippen LogP contribution in [0.2, 0.25) is 0 Å². The number of hydrogen-bond acceptors (Lipinski definition) is 4. The molecule has 1 aliphatic heterocycles. The van der Waals surface area contributed by atoms with Crippen LogP contribution in [0.25, 0.3) is 0 Å². The van der Waals surface area contributed by atoms with E-state index in [0.29, 0.717) is 18.4 Å². The Hall–Kier alpha value is -2.71. The number of nitriles is 1. The molecule has 3 aliphatic rings. The van der Waals surface area contributed by atoms with Crippen LogP contribution in [0, 0.1) is 23.7 Å². The average molecular weight is 445 g/mol. The van der Waals surface area contributed by atoms with Crippen molar-refractivity contribution < 1.29 is 9.59 Å². The lowest BCUT2D eigenvalue weighted by Crippen LogP contribution is -2.43. The molecule has 0 spiro atoms. The number of rotatable bonds is 2. The summed E-state index contributed by atoms with van der Waals surface area (Å²) in [5.41, 5.74) is 5.32. The maximum Gasteiger partial charge on any atom is 0.232 e. The Morgan fingerprint density at radius 2 is 1.94 bits per heavy atom. The second-order valence-electron chi connectivity index (χ2n) is 10.2. The lowest BCUT2D eigenvalue weighted by molar-refractivity contribution is -0.120. The highest BCUT2D eigenvalue weighted by Crippen LogP contribution is 2.51. The third kappa shape index (κ3) is 3.42. The molecule has 1 amide bonds. The normalized spacial score (nSPS) is 22.4. The fourth-order valence-electron chi connectivity index (χ4n) is 5.65. The van der Waals surface area contributed by atoms with E-state index >= 15 is 0 Å². The highest BCUT2D eigenvalue weighted by molar-refractivity contribution is 7.16. The summed E-state index contributed by atoms with van der Waals surface area (Å²) >= 11 is 1.59. The maximum atomic E-state index is 13.7. The third-order valence-electron chi connectivity index (χ3n) is 7.06. The number of anilines is 1. The van der Waals surface area contributed by atoms with Gasteiger partial charge in [-0.25, -0.2) is 0 Å². The predicted molar refractivity (Wildman–Crippen MR) is 127 cm³/mol. The number of benzene rings is 1. The quantitative estimate of drug-likeness (QED) is 0.573. The van der Waals surface area contributed by atoms with E-state index in [-0.39, 0.29) is 29.4 Å². The van der Waals surface area contributed by atoms with Crippen LogP contribution in [0.5, 0.6) is 0 Å². The van der Waals surface area contributed by atoms with E-state index in [4.69, 9.17) is 0 Å². The van der Waals surface area contributed by atoms with Crippen LogP contribution in [-0.2, 0) is 22.4 Å². The van der Waals surface area contributed by atoms with E-state index in [1.165, 1.54) is 4.88 Å². The third-order valence-corrected chi connectivity index (χ3v) is 8.33. The van der Waals surface area contributed by atoms with Crippen LogP contribution in [0.1, 0.15) is 79.0 Å². The van der Waals surface area contributed by atoms with Crippen molar-refractivity contribution in [1.29, 1.82) is 5.26 Å². The van der Waals surface area contributed by atoms with Gasteiger partial charge in [0, 0.05) is 34.9 Å². The highest BCUT2D eigenvalue weighted by Gasteiger charge is 2.45. The Morgan fingerprint density at radius 3 is 2.69 bits per heavy atom. The van der Waals surface area contributed by atoms with Crippen LogP contribution in [0.3, 0.4) is 0 Å². The first-order valence-corrected chi connectivity index (χ1v) is 12.3. The minimum atomic E-state index is -0.216. The van der Waals surface area contributed by atoms with Gasteiger partial charge in [-0.05, 0) is 55.6 Å². The fourth-order valence-corrected chi connectivity index (χ4v) is 7.03. The molecule has 0 N–H and O–H groups in total. The van der Waals surface area contributed by atoms with Gasteiger partial charge in [0.05, 0.1) is 5.56 Å². The largest absolute Gasteiger partial charge is 0.294 e. The van der Waals surface area contributed by atoms with Gasteiger partial charge < -0.3 is 0 Å². The number of amides is 1. The molecular formula is C27H28N2O2S. The van der Waals surface area contributed by atoms with E-state index in [1.807, 2.05) is 25.1 Å². The van der Waals surface area contributed by atoms with Crippen molar-refractivity contribution in [3.8, 4) is 6.07 Å². The van der Waals surface area contributed by atoms with Crippen LogP contribution < -0.4 is 4.90 Å². The molecule has 5 heteroatoms. The van der Waals surface area contributed by atoms with Gasteiger partial charge in [-0.3, -0.25) is 14.5 Å². The molecule has 0 saturated heterocycles. The van der Waals surface area contributed by atoms with Crippen molar-refractivity contribution in [2.75, 3.05) is 4.90 Å². The van der Waals surface area contributed by atoms with Gasteiger partial charge >= 0.3 is 0 Å². The molecule has 0 fully saturated rings. The van der Waals surface area contributed by atoms with Gasteiger partial charge in [0.1, 0.15) is 11.1 Å². The molecule has 2 aliphatic carbocycles. The fraction of sp³-hybridized carbons (Fsp3) is 0.444. The standard InChI is InChI=1S/C27H28N2O2S/c1-16-7-6-8-17(11-16)19-12-24(31)29(21-13-27(2,3)14-22(30)25(19)21)26-20(15-28)18-9-4-5-10-23(18)32-26/h6-8,11,19H,4-5,9-10,12-14H2,1-3H3/t19-/m1/s1. The van der Waals surface area contributed by atoms with Crippen LogP contribution >= 0.6 is 11.3 Å². The van der Waals surface area contributed by atoms with E-state index in [0.717, 1.165) is 58.6 Å². The van der Waals surface area contributed by atoms with Gasteiger partial charge in [-0.1, -0.05) is 43.7 Å². The molecular weight excluding hydrogens is 416 g/mol. The number of Topliss-reactive ketones (excluding diaryl/α,β-unsaturated/α-hetero) is 1. The van der Waals surface area contributed by atoms with Crippen LogP contribution in [0.4, 0.5) is 5.00 Å². The maximum absolute atomic E-state index is 13.7. The monoisotopic (exact) mass is 444 g/mol. The second kappa shape index (κ2) is 7.71. The zero-order chi connectivity index (χ0) is 22.6. The van der Waals surface area contributed by atoms with Crippen LogP contribution in [0.15, 0.2) is 35.5 Å². The van der Waals surface area contributed by atoms with Crippen LogP contribution in [-0.4, -0.2) is 11.7 Å². The molecule has 0 bridgehead atoms. The zero-order valence-electron chi connectivity index (χ0n) is 19.0. The van der Waals surface area contributed by atoms with Gasteiger partial charge in [0.2, 0.25) is 5.91 Å². The summed E-state index contributed by atoms with van der Waals surface area (Å²) in [6.07, 6.45) is 5.50. The number of hydrogen-bond donors (Lipinski definition) is 0. The summed E-state index contributed by atoms with van der Waals surface area (Å²) in [6.45, 7) is 6.23. The van der Waals surface area contributed by atoms with Gasteiger partial charge in [-0.15, -0.1) is 11.3 Å². The topological polar surface area (TPSA) is 61.2 Å². The molecule has 1 atom stereocenters. The molecule has 5 rings (SSSR count). The number of carbonyl (C=O) groups is 2. The first-order chi connectivity index (χ1) is 15.3. The Kier molecular flexibility index (Phi) is 5.09. The molecule has 1 aromatic carbocycles. The molecule has 0 saturated carbocycles. The van der Waals surface area contributed by atoms with E-state index < -0.39 is 0 Å². The number of carbonyl (C=O) groups excluding carboxylic acids is 2. The summed E-state index contributed by atoms with van der Waals surface area (Å²) in [5, 5.41) is 10.8. The van der Waals surface area contributed by atoms with Gasteiger partial charge in [-0.2, -0.15) is 5.26 Å². The number of nitrogens with zero attached hydrogens (tertiary/aromatic N) is 2. The van der Waals surface area contributed by atoms with E-state index in [1.54, 1.807) is 16.2 Å². The number of ketones is 1. The molecule has 2 heterocycles. The van der Waals surface area contributed by atoms with Crippen molar-refractivity contribution >= 4 is 28.0 Å². The van der Waals surface area contributed by atoms with E-state index in [2.05, 4.69) is 26.0 Å². The Balaban J connectivity index is 1.71. The first-order valence-electron chi connectivity index (χ1n) is 11.5. The molecule has 164 valence electrons. The summed E-state index contributed by atoms with van der Waals surface area (Å²) in [7, 11) is 0. The van der Waals surface area contributed by atoms with Crippen molar-refractivity contribution in [1.82, 2.24) is 0 Å². The molecule has 0 radical (unpaired) electrons. The van der Waals surface area contributed by atoms with Gasteiger partial charge in [0.25, 0.3) is 0 Å². The van der Waals surface area contributed by atoms with Crippen molar-refractivity contribution in [3.63, 3.8) is 0 Å². The van der Waals surface area contributed by atoms with E-state index in [9.17, 15) is 14.9 Å².